The predicted molar refractivity (Wildman–Crippen MR) is 44.0 cm³/mol. The Labute approximate surface area is 66.8 Å². The molecule has 0 aromatic carbocycles. The molecule has 0 N–H and O–H groups in total. The minimum atomic E-state index is 0.255. The summed E-state index contributed by atoms with van der Waals surface area (Å²) in [5, 5.41) is 0. The minimum Gasteiger partial charge on any atom is -0.299 e. The Kier molecular flexibility index (Phi) is 1.45. The number of Topliss-reactive ketones (excluding diaryl/α,β-unsaturated/α-hetero) is 1. The first kappa shape index (κ1) is 6.84. The Morgan fingerprint density at radius 1 is 1.64 bits per heavy atom. The first-order valence-corrected chi connectivity index (χ1v) is 4.16. The van der Waals surface area contributed by atoms with E-state index in [0.717, 1.165) is 12.8 Å². The van der Waals surface area contributed by atoms with Crippen molar-refractivity contribution >= 4 is 5.78 Å². The van der Waals surface area contributed by atoms with Crippen molar-refractivity contribution in [2.24, 2.45) is 17.8 Å². The van der Waals surface area contributed by atoms with E-state index >= 15 is 0 Å². The van der Waals surface area contributed by atoms with Crippen LogP contribution in [0.3, 0.4) is 0 Å². The van der Waals surface area contributed by atoms with Gasteiger partial charge in [0.2, 0.25) is 0 Å². The fourth-order valence-corrected chi connectivity index (χ4v) is 2.19. The number of hydrogen-bond acceptors (Lipinski definition) is 1. The summed E-state index contributed by atoms with van der Waals surface area (Å²) in [7, 11) is 0. The maximum Gasteiger partial charge on any atom is 0.143 e. The van der Waals surface area contributed by atoms with Crippen LogP contribution in [0.4, 0.5) is 0 Å². The highest BCUT2D eigenvalue weighted by molar-refractivity contribution is 5.89. The van der Waals surface area contributed by atoms with E-state index in [2.05, 4.69) is 18.7 Å². The third-order valence-electron chi connectivity index (χ3n) is 2.79. The van der Waals surface area contributed by atoms with Gasteiger partial charge in [0, 0.05) is 11.8 Å². The molecule has 0 radical (unpaired) electrons. The number of carbonyl (C=O) groups is 1. The van der Waals surface area contributed by atoms with Gasteiger partial charge in [-0.15, -0.1) is 6.58 Å². The highest BCUT2D eigenvalue weighted by atomic mass is 16.1. The van der Waals surface area contributed by atoms with E-state index < -0.39 is 0 Å². The van der Waals surface area contributed by atoms with Gasteiger partial charge in [-0.3, -0.25) is 4.79 Å². The summed E-state index contributed by atoms with van der Waals surface area (Å²) >= 11 is 0. The molecule has 58 valence electrons. The second kappa shape index (κ2) is 2.33. The summed E-state index contributed by atoms with van der Waals surface area (Å²) in [6, 6.07) is 0. The molecule has 2 rings (SSSR count). The van der Waals surface area contributed by atoms with Gasteiger partial charge in [0.05, 0.1) is 0 Å². The molecule has 3 unspecified atom stereocenters. The molecule has 0 heterocycles. The summed E-state index contributed by atoms with van der Waals surface area (Å²) < 4.78 is 0. The summed E-state index contributed by atoms with van der Waals surface area (Å²) in [6.07, 6.45) is 8.05. The van der Waals surface area contributed by atoms with Crippen molar-refractivity contribution in [3.63, 3.8) is 0 Å². The van der Waals surface area contributed by atoms with Crippen molar-refractivity contribution in [3.8, 4) is 0 Å². The van der Waals surface area contributed by atoms with E-state index in [1.807, 2.05) is 6.08 Å². The molecule has 3 atom stereocenters. The second-order valence-corrected chi connectivity index (χ2v) is 3.42. The molecular weight excluding hydrogens is 136 g/mol. The topological polar surface area (TPSA) is 17.1 Å². The normalized spacial score (nSPS) is 40.0. The van der Waals surface area contributed by atoms with Crippen LogP contribution in [0.1, 0.15) is 12.8 Å². The number of allylic oxidation sites excluding steroid dienone is 3. The standard InChI is InChI=1S/C10H12O/c1-2-3-9-7-4-5-8(6-7)10(9)11/h2,4-5,7-9H,1,3,6H2. The molecule has 1 nitrogen and oxygen atoms in total. The van der Waals surface area contributed by atoms with Crippen LogP contribution in [0.25, 0.3) is 0 Å². The molecule has 1 heteroatoms. The van der Waals surface area contributed by atoms with E-state index in [9.17, 15) is 4.79 Å². The lowest BCUT2D eigenvalue weighted by atomic mass is 9.90. The van der Waals surface area contributed by atoms with Crippen molar-refractivity contribution in [1.82, 2.24) is 0 Å². The number of carbonyl (C=O) groups excluding carboxylic acids is 1. The Morgan fingerprint density at radius 2 is 2.45 bits per heavy atom. The smallest absolute Gasteiger partial charge is 0.143 e. The quantitative estimate of drug-likeness (QED) is 0.547. The molecule has 0 amide bonds. The summed E-state index contributed by atoms with van der Waals surface area (Å²) in [4.78, 5) is 11.5. The molecule has 1 saturated carbocycles. The van der Waals surface area contributed by atoms with Gasteiger partial charge >= 0.3 is 0 Å². The Hall–Kier alpha value is -0.850. The van der Waals surface area contributed by atoms with Gasteiger partial charge in [0.25, 0.3) is 0 Å². The van der Waals surface area contributed by atoms with E-state index in [1.54, 1.807) is 0 Å². The lowest BCUT2D eigenvalue weighted by molar-refractivity contribution is -0.123. The van der Waals surface area contributed by atoms with E-state index in [4.69, 9.17) is 0 Å². The largest absolute Gasteiger partial charge is 0.299 e. The number of hydrogen-bond donors (Lipinski definition) is 0. The summed E-state index contributed by atoms with van der Waals surface area (Å²) in [5.41, 5.74) is 0. The van der Waals surface area contributed by atoms with Crippen LogP contribution in [-0.4, -0.2) is 5.78 Å². The molecular formula is C10H12O. The zero-order valence-electron chi connectivity index (χ0n) is 6.49. The molecule has 0 aromatic rings. The number of fused-ring (bicyclic) bond motifs is 2. The van der Waals surface area contributed by atoms with E-state index in [-0.39, 0.29) is 11.8 Å². The van der Waals surface area contributed by atoms with Gasteiger partial charge in [0.15, 0.2) is 0 Å². The molecule has 0 aliphatic heterocycles. The van der Waals surface area contributed by atoms with Crippen molar-refractivity contribution in [1.29, 1.82) is 0 Å². The Bertz CT molecular complexity index is 227. The molecule has 2 aliphatic rings. The molecule has 0 spiro atoms. The first-order chi connectivity index (χ1) is 5.33. The molecule has 2 aliphatic carbocycles. The summed E-state index contributed by atoms with van der Waals surface area (Å²) in [6.45, 7) is 3.67. The van der Waals surface area contributed by atoms with Crippen molar-refractivity contribution in [3.05, 3.63) is 24.8 Å². The second-order valence-electron chi connectivity index (χ2n) is 3.42. The fourth-order valence-electron chi connectivity index (χ4n) is 2.19. The van der Waals surface area contributed by atoms with Gasteiger partial charge in [0.1, 0.15) is 5.78 Å². The first-order valence-electron chi connectivity index (χ1n) is 4.16. The highest BCUT2D eigenvalue weighted by Gasteiger charge is 2.42. The van der Waals surface area contributed by atoms with Crippen LogP contribution in [0.5, 0.6) is 0 Å². The lowest BCUT2D eigenvalue weighted by Crippen LogP contribution is -2.17. The average Bonchev–Trinajstić information content (AvgIpc) is 2.54. The number of rotatable bonds is 2. The molecule has 0 saturated heterocycles. The summed E-state index contributed by atoms with van der Waals surface area (Å²) in [5.74, 6) is 1.50. The monoisotopic (exact) mass is 148 g/mol. The SMILES string of the molecule is C=CCC1C(=O)C2C=CC1C2. The maximum absolute atomic E-state index is 11.5. The predicted octanol–water partition coefficient (Wildman–Crippen LogP) is 1.95. The third kappa shape index (κ3) is 0.873. The van der Waals surface area contributed by atoms with Gasteiger partial charge in [-0.2, -0.15) is 0 Å². The van der Waals surface area contributed by atoms with Crippen molar-refractivity contribution in [2.75, 3.05) is 0 Å². The molecule has 0 aromatic heterocycles. The number of ketones is 1. The van der Waals surface area contributed by atoms with Crippen molar-refractivity contribution < 1.29 is 4.79 Å². The van der Waals surface area contributed by atoms with Crippen LogP contribution in [0.2, 0.25) is 0 Å². The Morgan fingerprint density at radius 3 is 3.00 bits per heavy atom. The van der Waals surface area contributed by atoms with Gasteiger partial charge in [-0.05, 0) is 18.8 Å². The lowest BCUT2D eigenvalue weighted by Gasteiger charge is -2.13. The fraction of sp³-hybridized carbons (Fsp3) is 0.500. The van der Waals surface area contributed by atoms with Crippen molar-refractivity contribution in [2.45, 2.75) is 12.8 Å². The van der Waals surface area contributed by atoms with E-state index in [0.29, 0.717) is 11.7 Å². The van der Waals surface area contributed by atoms with Crippen LogP contribution in [0, 0.1) is 17.8 Å². The molecule has 2 bridgehead atoms. The molecule has 1 fully saturated rings. The van der Waals surface area contributed by atoms with Gasteiger partial charge in [-0.25, -0.2) is 0 Å². The zero-order chi connectivity index (χ0) is 7.84. The maximum atomic E-state index is 11.5. The van der Waals surface area contributed by atoms with Gasteiger partial charge in [-0.1, -0.05) is 18.2 Å². The van der Waals surface area contributed by atoms with Crippen LogP contribution in [-0.2, 0) is 4.79 Å². The third-order valence-corrected chi connectivity index (χ3v) is 2.79. The van der Waals surface area contributed by atoms with Gasteiger partial charge < -0.3 is 0 Å². The molecule has 11 heavy (non-hydrogen) atoms. The van der Waals surface area contributed by atoms with Crippen LogP contribution in [0.15, 0.2) is 24.8 Å². The van der Waals surface area contributed by atoms with Crippen LogP contribution >= 0.6 is 0 Å². The highest BCUT2D eigenvalue weighted by Crippen LogP contribution is 2.42. The minimum absolute atomic E-state index is 0.255. The zero-order valence-corrected chi connectivity index (χ0v) is 6.49. The van der Waals surface area contributed by atoms with Crippen LogP contribution < -0.4 is 0 Å². The van der Waals surface area contributed by atoms with E-state index in [1.165, 1.54) is 0 Å². The Balaban J connectivity index is 2.18. The average molecular weight is 148 g/mol.